The third-order valence-corrected chi connectivity index (χ3v) is 8.62. The lowest BCUT2D eigenvalue weighted by molar-refractivity contribution is -0.121. The van der Waals surface area contributed by atoms with Crippen LogP contribution in [0.1, 0.15) is 41.5 Å². The number of benzene rings is 1. The Hall–Kier alpha value is -2.62. The molecule has 0 aliphatic heterocycles. The fourth-order valence-corrected chi connectivity index (χ4v) is 5.21. The second-order valence-electron chi connectivity index (χ2n) is 8.01. The van der Waals surface area contributed by atoms with E-state index in [1.165, 1.54) is 21.1 Å². The number of amides is 1. The van der Waals surface area contributed by atoms with E-state index in [1.54, 1.807) is 39.8 Å². The summed E-state index contributed by atoms with van der Waals surface area (Å²) in [5.74, 6) is 6.05. The van der Waals surface area contributed by atoms with Gasteiger partial charge in [0, 0.05) is 18.7 Å². The van der Waals surface area contributed by atoms with E-state index in [0.717, 1.165) is 11.8 Å². The molecule has 2 aromatic rings. The lowest BCUT2D eigenvalue weighted by atomic mass is 9.90. The number of thioether (sulfide) groups is 1. The molecule has 1 aromatic heterocycles. The normalized spacial score (nSPS) is 14.6. The van der Waals surface area contributed by atoms with Crippen LogP contribution < -0.4 is 11.2 Å². The van der Waals surface area contributed by atoms with Gasteiger partial charge in [0.1, 0.15) is 5.54 Å². The first-order valence-corrected chi connectivity index (χ1v) is 12.9. The second-order valence-corrected chi connectivity index (χ2v) is 11.3. The molecule has 2 unspecified atom stereocenters. The molecule has 2 rings (SSSR count). The maximum Gasteiger partial charge on any atom is 0.243 e. The Morgan fingerprint density at radius 2 is 1.94 bits per heavy atom. The smallest absolute Gasteiger partial charge is 0.243 e. The van der Waals surface area contributed by atoms with Crippen molar-refractivity contribution in [3.63, 3.8) is 0 Å². The Morgan fingerprint density at radius 3 is 2.48 bits per heavy atom. The van der Waals surface area contributed by atoms with Gasteiger partial charge in [0.25, 0.3) is 0 Å². The molecule has 0 fully saturated rings. The second kappa shape index (κ2) is 10.5. The van der Waals surface area contributed by atoms with Gasteiger partial charge in [0.2, 0.25) is 21.1 Å². The molecule has 180 valence electrons. The summed E-state index contributed by atoms with van der Waals surface area (Å²) >= 11 is 1.09. The zero-order chi connectivity index (χ0) is 25.0. The number of carbonyl (C=O) groups excluding carboxylic acids is 1. The highest BCUT2D eigenvalue weighted by molar-refractivity contribution is 8.00. The standard InChI is InChI=1S/C21H31N7O3S2/c1-7-27(8-2)33(30,31)17-11-9-10-16(12-17)18-25-26-20(28(18)23)32-15(5)19(29)24-21(6,13-22)14(3)4/h9-12,14-15H,7-8,23H2,1-6H3,(H,24,29). The summed E-state index contributed by atoms with van der Waals surface area (Å²) in [7, 11) is -3.64. The fraction of sp³-hybridized carbons (Fsp3) is 0.524. The number of hydrogen-bond acceptors (Lipinski definition) is 8. The van der Waals surface area contributed by atoms with E-state index < -0.39 is 20.8 Å². The van der Waals surface area contributed by atoms with Gasteiger partial charge < -0.3 is 11.2 Å². The molecule has 0 radical (unpaired) electrons. The Kier molecular flexibility index (Phi) is 8.51. The first-order chi connectivity index (χ1) is 15.4. The van der Waals surface area contributed by atoms with Gasteiger partial charge in [-0.05, 0) is 31.9 Å². The largest absolute Gasteiger partial charge is 0.337 e. The quantitative estimate of drug-likeness (QED) is 0.378. The van der Waals surface area contributed by atoms with E-state index in [4.69, 9.17) is 5.84 Å². The van der Waals surface area contributed by atoms with Gasteiger partial charge in [-0.15, -0.1) is 10.2 Å². The number of nitrogens with two attached hydrogens (primary N) is 1. The summed E-state index contributed by atoms with van der Waals surface area (Å²) in [6.07, 6.45) is 0. The molecule has 12 heteroatoms. The zero-order valence-corrected chi connectivity index (χ0v) is 21.4. The Labute approximate surface area is 199 Å². The molecular formula is C21H31N7O3S2. The average molecular weight is 494 g/mol. The van der Waals surface area contributed by atoms with Gasteiger partial charge >= 0.3 is 0 Å². The molecule has 1 heterocycles. The Bertz CT molecular complexity index is 1140. The van der Waals surface area contributed by atoms with Crippen LogP contribution in [0.4, 0.5) is 0 Å². The molecule has 0 saturated heterocycles. The zero-order valence-electron chi connectivity index (χ0n) is 19.7. The van der Waals surface area contributed by atoms with Crippen molar-refractivity contribution in [3.05, 3.63) is 24.3 Å². The topological polar surface area (TPSA) is 147 Å². The number of aromatic nitrogens is 3. The number of sulfonamides is 1. The predicted octanol–water partition coefficient (Wildman–Crippen LogP) is 2.22. The molecular weight excluding hydrogens is 462 g/mol. The average Bonchev–Trinajstić information content (AvgIpc) is 3.14. The van der Waals surface area contributed by atoms with E-state index in [9.17, 15) is 18.5 Å². The van der Waals surface area contributed by atoms with E-state index in [-0.39, 0.29) is 27.7 Å². The van der Waals surface area contributed by atoms with Crippen LogP contribution in [0.15, 0.2) is 34.3 Å². The van der Waals surface area contributed by atoms with E-state index in [1.807, 2.05) is 13.8 Å². The summed E-state index contributed by atoms with van der Waals surface area (Å²) in [4.78, 5) is 12.8. The van der Waals surface area contributed by atoms with Crippen molar-refractivity contribution in [2.24, 2.45) is 5.92 Å². The van der Waals surface area contributed by atoms with Crippen molar-refractivity contribution in [2.45, 2.75) is 62.4 Å². The summed E-state index contributed by atoms with van der Waals surface area (Å²) in [6, 6.07) is 8.50. The minimum Gasteiger partial charge on any atom is -0.337 e. The summed E-state index contributed by atoms with van der Waals surface area (Å²) in [6.45, 7) is 11.4. The van der Waals surface area contributed by atoms with E-state index in [0.29, 0.717) is 18.7 Å². The highest BCUT2D eigenvalue weighted by Gasteiger charge is 2.32. The van der Waals surface area contributed by atoms with Crippen molar-refractivity contribution in [3.8, 4) is 17.5 Å². The molecule has 0 aliphatic rings. The molecule has 10 nitrogen and oxygen atoms in total. The van der Waals surface area contributed by atoms with Crippen LogP contribution in [0.2, 0.25) is 0 Å². The number of hydrogen-bond donors (Lipinski definition) is 2. The highest BCUT2D eigenvalue weighted by atomic mass is 32.2. The minimum atomic E-state index is -3.64. The van der Waals surface area contributed by atoms with Gasteiger partial charge in [-0.3, -0.25) is 4.79 Å². The Morgan fingerprint density at radius 1 is 1.30 bits per heavy atom. The summed E-state index contributed by atoms with van der Waals surface area (Å²) < 4.78 is 28.3. The summed E-state index contributed by atoms with van der Waals surface area (Å²) in [5.41, 5.74) is -0.511. The molecule has 0 bridgehead atoms. The van der Waals surface area contributed by atoms with Crippen LogP contribution in [0.25, 0.3) is 11.4 Å². The first kappa shape index (κ1) is 26.6. The Balaban J connectivity index is 2.27. The first-order valence-electron chi connectivity index (χ1n) is 10.6. The third-order valence-electron chi connectivity index (χ3n) is 5.52. The van der Waals surface area contributed by atoms with E-state index >= 15 is 0 Å². The van der Waals surface area contributed by atoms with Gasteiger partial charge in [-0.2, -0.15) is 9.57 Å². The van der Waals surface area contributed by atoms with Crippen LogP contribution in [0.3, 0.4) is 0 Å². The van der Waals surface area contributed by atoms with Crippen molar-refractivity contribution < 1.29 is 13.2 Å². The van der Waals surface area contributed by atoms with Crippen LogP contribution in [-0.2, 0) is 14.8 Å². The van der Waals surface area contributed by atoms with Gasteiger partial charge in [0.15, 0.2) is 5.82 Å². The number of rotatable bonds is 10. The van der Waals surface area contributed by atoms with Crippen molar-refractivity contribution >= 4 is 27.7 Å². The van der Waals surface area contributed by atoms with Gasteiger partial charge in [-0.25, -0.2) is 13.1 Å². The minimum absolute atomic E-state index is 0.0756. The lowest BCUT2D eigenvalue weighted by Gasteiger charge is -2.28. The van der Waals surface area contributed by atoms with Crippen molar-refractivity contribution in [2.75, 3.05) is 18.9 Å². The summed E-state index contributed by atoms with van der Waals surface area (Å²) in [5, 5.41) is 20.1. The maximum absolute atomic E-state index is 12.9. The lowest BCUT2D eigenvalue weighted by Crippen LogP contribution is -2.51. The highest BCUT2D eigenvalue weighted by Crippen LogP contribution is 2.27. The molecule has 3 N–H and O–H groups in total. The third kappa shape index (κ3) is 5.66. The van der Waals surface area contributed by atoms with Gasteiger partial charge in [-0.1, -0.05) is 51.6 Å². The van der Waals surface area contributed by atoms with Crippen LogP contribution >= 0.6 is 11.8 Å². The molecule has 33 heavy (non-hydrogen) atoms. The molecule has 1 aromatic carbocycles. The van der Waals surface area contributed by atoms with Crippen LogP contribution in [0.5, 0.6) is 0 Å². The molecule has 2 atom stereocenters. The SMILES string of the molecule is CCN(CC)S(=O)(=O)c1cccc(-c2nnc(SC(C)C(=O)NC(C)(C#N)C(C)C)n2N)c1. The number of carbonyl (C=O) groups is 1. The molecule has 0 spiro atoms. The fourth-order valence-electron chi connectivity index (χ4n) is 2.93. The monoisotopic (exact) mass is 493 g/mol. The number of nitrogens with one attached hydrogen (secondary N) is 1. The molecule has 1 amide bonds. The number of nitrogens with zero attached hydrogens (tertiary/aromatic N) is 5. The van der Waals surface area contributed by atoms with Crippen molar-refractivity contribution in [1.82, 2.24) is 24.5 Å². The van der Waals surface area contributed by atoms with Gasteiger partial charge in [0.05, 0.1) is 16.2 Å². The molecule has 0 saturated carbocycles. The van der Waals surface area contributed by atoms with E-state index in [2.05, 4.69) is 21.6 Å². The van der Waals surface area contributed by atoms with Crippen molar-refractivity contribution in [1.29, 1.82) is 5.26 Å². The molecule has 0 aliphatic carbocycles. The number of nitriles is 1. The maximum atomic E-state index is 12.9. The van der Waals surface area contributed by atoms with Crippen LogP contribution in [0, 0.1) is 17.2 Å². The van der Waals surface area contributed by atoms with Crippen LogP contribution in [-0.4, -0.2) is 57.4 Å². The predicted molar refractivity (Wildman–Crippen MR) is 128 cm³/mol. The number of nitrogen functional groups attached to an aromatic ring is 1.